The second-order valence-corrected chi connectivity index (χ2v) is 14.3. The number of fused-ring (bicyclic) bond motifs is 7. The maximum atomic E-state index is 4.38. The predicted molar refractivity (Wildman–Crippen MR) is 217 cm³/mol. The van der Waals surface area contributed by atoms with Gasteiger partial charge in [0.1, 0.15) is 6.17 Å². The van der Waals surface area contributed by atoms with Gasteiger partial charge in [0.15, 0.2) is 0 Å². The normalized spacial score (nSPS) is 17.7. The molecule has 2 atom stereocenters. The summed E-state index contributed by atoms with van der Waals surface area (Å²) in [6.45, 7) is 0. The summed E-state index contributed by atoms with van der Waals surface area (Å²) >= 11 is 0. The van der Waals surface area contributed by atoms with Crippen LogP contribution in [-0.2, 0) is 12.8 Å². The fourth-order valence-electron chi connectivity index (χ4n) is 8.46. The molecule has 2 unspecified atom stereocenters. The highest BCUT2D eigenvalue weighted by atomic mass is 15.2. The summed E-state index contributed by atoms with van der Waals surface area (Å²) in [7, 11) is 0. The number of allylic oxidation sites excluding steroid dienone is 2. The third-order valence-corrected chi connectivity index (χ3v) is 11.2. The van der Waals surface area contributed by atoms with E-state index in [4.69, 9.17) is 0 Å². The summed E-state index contributed by atoms with van der Waals surface area (Å²) in [5.74, 6) is 0. The highest BCUT2D eigenvalue weighted by molar-refractivity contribution is 6.13. The number of hydrogen-bond acceptors (Lipinski definition) is 3. The van der Waals surface area contributed by atoms with E-state index in [-0.39, 0.29) is 12.2 Å². The number of aromatic nitrogens is 1. The molecule has 52 heavy (non-hydrogen) atoms. The average molecular weight is 670 g/mol. The van der Waals surface area contributed by atoms with Crippen LogP contribution in [0.2, 0.25) is 0 Å². The third-order valence-electron chi connectivity index (χ3n) is 11.2. The first-order chi connectivity index (χ1) is 25.7. The van der Waals surface area contributed by atoms with Crippen LogP contribution in [0, 0.1) is 0 Å². The minimum absolute atomic E-state index is 0.00252. The van der Waals surface area contributed by atoms with Gasteiger partial charge in [0, 0.05) is 23.7 Å². The zero-order valence-corrected chi connectivity index (χ0v) is 29.0. The number of benzene rings is 6. The van der Waals surface area contributed by atoms with E-state index in [1.54, 1.807) is 0 Å². The highest BCUT2D eigenvalue weighted by Gasteiger charge is 2.26. The summed E-state index contributed by atoms with van der Waals surface area (Å²) in [5, 5.41) is 13.2. The van der Waals surface area contributed by atoms with E-state index in [1.165, 1.54) is 66.1 Å². The van der Waals surface area contributed by atoms with Crippen LogP contribution in [0.15, 0.2) is 152 Å². The molecule has 10 rings (SSSR count). The van der Waals surface area contributed by atoms with E-state index in [0.717, 1.165) is 48.1 Å². The van der Waals surface area contributed by atoms with Gasteiger partial charge in [-0.15, -0.1) is 0 Å². The molecule has 2 N–H and O–H groups in total. The van der Waals surface area contributed by atoms with E-state index in [2.05, 4.69) is 161 Å². The summed E-state index contributed by atoms with van der Waals surface area (Å²) in [6.07, 6.45) is 19.7. The van der Waals surface area contributed by atoms with Gasteiger partial charge in [-0.1, -0.05) is 121 Å². The number of aryl methyl sites for hydroxylation is 2. The molecule has 1 aromatic heterocycles. The number of nitrogens with zero attached hydrogens (tertiary/aromatic N) is 1. The van der Waals surface area contributed by atoms with Crippen LogP contribution in [0.5, 0.6) is 0 Å². The minimum Gasteiger partial charge on any atom is -0.366 e. The van der Waals surface area contributed by atoms with Crippen LogP contribution in [-0.4, -0.2) is 4.98 Å². The van der Waals surface area contributed by atoms with Crippen molar-refractivity contribution in [3.8, 4) is 22.3 Å². The Balaban J connectivity index is 1.05. The lowest BCUT2D eigenvalue weighted by Crippen LogP contribution is -2.39. The molecule has 2 aliphatic carbocycles. The number of pyridine rings is 1. The van der Waals surface area contributed by atoms with Crippen LogP contribution < -0.4 is 10.6 Å². The van der Waals surface area contributed by atoms with Crippen molar-refractivity contribution >= 4 is 39.4 Å². The summed E-state index contributed by atoms with van der Waals surface area (Å²) in [4.78, 5) is 4.38. The molecule has 250 valence electrons. The largest absolute Gasteiger partial charge is 0.366 e. The standard InChI is InChI=1S/C49H39N3/c1-2-10-35-27-37(23-20-32(35)9-1)33-18-21-34(22-19-33)47-30-48(38-12-7-11-36(28-38)40-13-8-26-50-31-40)52-49(51-47)39-24-25-45-43-16-4-3-14-41(43)42-15-5-6-17-44(42)46(45)29-39/h2,4-8,10-13,15-31,47,49,51-52H,1,3,9,14H2. The van der Waals surface area contributed by atoms with Gasteiger partial charge in [0.2, 0.25) is 0 Å². The Hall–Kier alpha value is -6.03. The Bertz CT molecular complexity index is 2580. The maximum absolute atomic E-state index is 4.38. The summed E-state index contributed by atoms with van der Waals surface area (Å²) in [6, 6.07) is 44.9. The lowest BCUT2D eigenvalue weighted by molar-refractivity contribution is 0.443. The molecule has 7 aromatic rings. The van der Waals surface area contributed by atoms with Crippen molar-refractivity contribution in [2.24, 2.45) is 0 Å². The van der Waals surface area contributed by atoms with E-state index in [0.29, 0.717) is 0 Å². The zero-order valence-electron chi connectivity index (χ0n) is 29.0. The summed E-state index contributed by atoms with van der Waals surface area (Å²) < 4.78 is 0. The molecule has 0 saturated carbocycles. The van der Waals surface area contributed by atoms with Gasteiger partial charge >= 0.3 is 0 Å². The molecule has 1 aliphatic heterocycles. The molecule has 2 heterocycles. The lowest BCUT2D eigenvalue weighted by atomic mass is 9.86. The first-order valence-corrected chi connectivity index (χ1v) is 18.5. The van der Waals surface area contributed by atoms with Crippen LogP contribution in [0.4, 0.5) is 0 Å². The van der Waals surface area contributed by atoms with Crippen molar-refractivity contribution in [3.05, 3.63) is 191 Å². The molecule has 3 aliphatic rings. The van der Waals surface area contributed by atoms with Crippen molar-refractivity contribution < 1.29 is 0 Å². The van der Waals surface area contributed by atoms with Crippen LogP contribution >= 0.6 is 0 Å². The smallest absolute Gasteiger partial charge is 0.104 e. The van der Waals surface area contributed by atoms with Gasteiger partial charge in [-0.3, -0.25) is 10.3 Å². The van der Waals surface area contributed by atoms with Gasteiger partial charge in [-0.05, 0) is 133 Å². The van der Waals surface area contributed by atoms with Crippen molar-refractivity contribution in [1.29, 1.82) is 0 Å². The maximum Gasteiger partial charge on any atom is 0.104 e. The number of nitrogens with one attached hydrogen (secondary N) is 2. The van der Waals surface area contributed by atoms with Gasteiger partial charge < -0.3 is 5.32 Å². The SMILES string of the molecule is C1=Cc2cc(-c3ccc(C4C=C(c5cccc(-c6cccnc6)c5)NC(c5ccc6c7c(c8ccccc8c6c5)CCC=C7)N4)cc3)ccc2CC1. The van der Waals surface area contributed by atoms with Crippen LogP contribution in [0.25, 0.3) is 61.6 Å². The Morgan fingerprint density at radius 1 is 0.558 bits per heavy atom. The molecule has 0 fully saturated rings. The second-order valence-electron chi connectivity index (χ2n) is 14.3. The predicted octanol–water partition coefficient (Wildman–Crippen LogP) is 11.6. The van der Waals surface area contributed by atoms with Crippen LogP contribution in [0.1, 0.15) is 64.0 Å². The average Bonchev–Trinajstić information content (AvgIpc) is 3.23. The van der Waals surface area contributed by atoms with Crippen molar-refractivity contribution in [3.63, 3.8) is 0 Å². The first-order valence-electron chi connectivity index (χ1n) is 18.5. The molecule has 0 spiro atoms. The van der Waals surface area contributed by atoms with Gasteiger partial charge in [0.25, 0.3) is 0 Å². The molecule has 0 amide bonds. The second kappa shape index (κ2) is 12.9. The minimum atomic E-state index is -0.103. The Morgan fingerprint density at radius 3 is 2.25 bits per heavy atom. The number of hydrogen-bond donors (Lipinski definition) is 2. The molecule has 6 aromatic carbocycles. The highest BCUT2D eigenvalue weighted by Crippen LogP contribution is 2.39. The van der Waals surface area contributed by atoms with Crippen LogP contribution in [0.3, 0.4) is 0 Å². The molecule has 0 bridgehead atoms. The fourth-order valence-corrected chi connectivity index (χ4v) is 8.46. The van der Waals surface area contributed by atoms with E-state index < -0.39 is 0 Å². The molecule has 3 nitrogen and oxygen atoms in total. The van der Waals surface area contributed by atoms with Crippen molar-refractivity contribution in [2.45, 2.75) is 37.9 Å². The first kappa shape index (κ1) is 30.8. The quantitative estimate of drug-likeness (QED) is 0.179. The monoisotopic (exact) mass is 669 g/mol. The lowest BCUT2D eigenvalue weighted by Gasteiger charge is -2.33. The molecule has 0 saturated heterocycles. The summed E-state index contributed by atoms with van der Waals surface area (Å²) in [5.41, 5.74) is 15.1. The molecule has 0 radical (unpaired) electrons. The topological polar surface area (TPSA) is 37.0 Å². The van der Waals surface area contributed by atoms with E-state index in [9.17, 15) is 0 Å². The van der Waals surface area contributed by atoms with Gasteiger partial charge in [-0.2, -0.15) is 0 Å². The van der Waals surface area contributed by atoms with E-state index in [1.807, 2.05) is 18.5 Å². The third kappa shape index (κ3) is 5.55. The fraction of sp³-hybridized carbons (Fsp3) is 0.122. The number of rotatable bonds is 5. The van der Waals surface area contributed by atoms with Crippen molar-refractivity contribution in [2.75, 3.05) is 0 Å². The molecular weight excluding hydrogens is 631 g/mol. The molecular formula is C49H39N3. The Labute approximate surface area is 305 Å². The Kier molecular flexibility index (Phi) is 7.66. The Morgan fingerprint density at radius 2 is 1.35 bits per heavy atom. The van der Waals surface area contributed by atoms with E-state index >= 15 is 0 Å². The zero-order chi connectivity index (χ0) is 34.4. The van der Waals surface area contributed by atoms with Crippen molar-refractivity contribution in [1.82, 2.24) is 15.6 Å². The van der Waals surface area contributed by atoms with Gasteiger partial charge in [-0.25, -0.2) is 0 Å². The molecule has 3 heteroatoms. The van der Waals surface area contributed by atoms with Gasteiger partial charge in [0.05, 0.1) is 6.04 Å².